The molecule has 0 fully saturated rings. The van der Waals surface area contributed by atoms with Gasteiger partial charge < -0.3 is 5.73 Å². The highest BCUT2D eigenvalue weighted by molar-refractivity contribution is 7.90. The number of hydrogen-bond acceptors (Lipinski definition) is 5. The lowest BCUT2D eigenvalue weighted by Crippen LogP contribution is -2.01. The summed E-state index contributed by atoms with van der Waals surface area (Å²) in [6.45, 7) is 1.74. The summed E-state index contributed by atoms with van der Waals surface area (Å²) >= 11 is 0. The van der Waals surface area contributed by atoms with Crippen LogP contribution < -0.4 is 5.73 Å². The first-order valence-corrected chi connectivity index (χ1v) is 8.22. The van der Waals surface area contributed by atoms with Crippen LogP contribution in [0.1, 0.15) is 16.7 Å². The van der Waals surface area contributed by atoms with Crippen molar-refractivity contribution in [3.8, 4) is 23.3 Å². The smallest absolute Gasteiger partial charge is 0.175 e. The molecule has 0 saturated carbocycles. The fourth-order valence-electron chi connectivity index (χ4n) is 2.22. The molecule has 0 aliphatic carbocycles. The monoisotopic (exact) mass is 311 g/mol. The van der Waals surface area contributed by atoms with Crippen molar-refractivity contribution in [2.24, 2.45) is 0 Å². The maximum Gasteiger partial charge on any atom is 0.175 e. The fourth-order valence-corrected chi connectivity index (χ4v) is 2.85. The number of anilines is 1. The SMILES string of the molecule is Cc1cc(-c2ccc(S(C)(=O)=O)cc2)c(C#N)c(N)c1C#N. The van der Waals surface area contributed by atoms with Gasteiger partial charge in [-0.05, 0) is 36.2 Å². The van der Waals surface area contributed by atoms with Gasteiger partial charge in [-0.1, -0.05) is 12.1 Å². The van der Waals surface area contributed by atoms with E-state index in [1.165, 1.54) is 12.1 Å². The van der Waals surface area contributed by atoms with Crippen molar-refractivity contribution in [3.05, 3.63) is 47.0 Å². The minimum Gasteiger partial charge on any atom is -0.397 e. The van der Waals surface area contributed by atoms with Gasteiger partial charge in [0.2, 0.25) is 0 Å². The topological polar surface area (TPSA) is 108 Å². The third-order valence-electron chi connectivity index (χ3n) is 3.38. The Labute approximate surface area is 129 Å². The van der Waals surface area contributed by atoms with Crippen LogP contribution in [0.2, 0.25) is 0 Å². The van der Waals surface area contributed by atoms with Crippen molar-refractivity contribution in [1.29, 1.82) is 10.5 Å². The number of sulfone groups is 1. The normalized spacial score (nSPS) is 10.7. The minimum atomic E-state index is -3.28. The average Bonchev–Trinajstić information content (AvgIpc) is 2.46. The molecule has 0 unspecified atom stereocenters. The van der Waals surface area contributed by atoms with Crippen LogP contribution in [0.15, 0.2) is 35.2 Å². The molecule has 2 aromatic rings. The molecule has 0 bridgehead atoms. The minimum absolute atomic E-state index is 0.146. The highest BCUT2D eigenvalue weighted by Crippen LogP contribution is 2.32. The number of nitrogens with two attached hydrogens (primary N) is 1. The summed E-state index contributed by atoms with van der Waals surface area (Å²) in [5.41, 5.74) is 8.47. The van der Waals surface area contributed by atoms with E-state index in [2.05, 4.69) is 0 Å². The second-order valence-electron chi connectivity index (χ2n) is 4.92. The summed E-state index contributed by atoms with van der Waals surface area (Å²) in [6.07, 6.45) is 1.13. The van der Waals surface area contributed by atoms with Crippen molar-refractivity contribution < 1.29 is 8.42 Å². The zero-order valence-electron chi connectivity index (χ0n) is 12.1. The molecule has 5 nitrogen and oxygen atoms in total. The summed E-state index contributed by atoms with van der Waals surface area (Å²) in [5, 5.41) is 18.4. The van der Waals surface area contributed by atoms with Gasteiger partial charge in [-0.15, -0.1) is 0 Å². The summed E-state index contributed by atoms with van der Waals surface area (Å²) in [6, 6.07) is 11.9. The zero-order valence-corrected chi connectivity index (χ0v) is 12.9. The molecule has 110 valence electrons. The number of benzene rings is 2. The Morgan fingerprint density at radius 2 is 1.59 bits per heavy atom. The maximum atomic E-state index is 11.5. The number of rotatable bonds is 2. The molecule has 0 atom stereocenters. The van der Waals surface area contributed by atoms with Gasteiger partial charge in [-0.25, -0.2) is 8.42 Å². The van der Waals surface area contributed by atoms with Crippen LogP contribution in [-0.4, -0.2) is 14.7 Å². The van der Waals surface area contributed by atoms with Crippen LogP contribution in [-0.2, 0) is 9.84 Å². The number of hydrogen-bond donors (Lipinski definition) is 1. The molecule has 0 aromatic heterocycles. The van der Waals surface area contributed by atoms with Gasteiger partial charge in [0.25, 0.3) is 0 Å². The van der Waals surface area contributed by atoms with Crippen LogP contribution in [0.25, 0.3) is 11.1 Å². The van der Waals surface area contributed by atoms with Gasteiger partial charge in [0, 0.05) is 11.8 Å². The number of nitrogens with zero attached hydrogens (tertiary/aromatic N) is 2. The first kappa shape index (κ1) is 15.6. The molecule has 0 amide bonds. The first-order valence-electron chi connectivity index (χ1n) is 6.33. The Balaban J connectivity index is 2.69. The first-order chi connectivity index (χ1) is 10.3. The van der Waals surface area contributed by atoms with Gasteiger partial charge in [0.15, 0.2) is 9.84 Å². The molecule has 2 rings (SSSR count). The zero-order chi connectivity index (χ0) is 16.5. The number of aryl methyl sites for hydroxylation is 1. The van der Waals surface area contributed by atoms with Crippen LogP contribution in [0.5, 0.6) is 0 Å². The van der Waals surface area contributed by atoms with Gasteiger partial charge in [0.1, 0.15) is 12.1 Å². The number of nitrogen functional groups attached to an aromatic ring is 1. The van der Waals surface area contributed by atoms with E-state index < -0.39 is 9.84 Å². The summed E-state index contributed by atoms with van der Waals surface area (Å²) in [7, 11) is -3.28. The highest BCUT2D eigenvalue weighted by Gasteiger charge is 2.15. The van der Waals surface area contributed by atoms with Gasteiger partial charge in [-0.3, -0.25) is 0 Å². The van der Waals surface area contributed by atoms with Crippen molar-refractivity contribution in [1.82, 2.24) is 0 Å². The van der Waals surface area contributed by atoms with E-state index >= 15 is 0 Å². The lowest BCUT2D eigenvalue weighted by Gasteiger charge is -2.11. The molecule has 2 aromatic carbocycles. The molecular formula is C16H13N3O2S. The van der Waals surface area contributed by atoms with Crippen LogP contribution in [0, 0.1) is 29.6 Å². The molecule has 0 saturated heterocycles. The Morgan fingerprint density at radius 3 is 2.05 bits per heavy atom. The standard InChI is InChI=1S/C16H13N3O2S/c1-10-7-13(15(9-18)16(19)14(10)8-17)11-3-5-12(6-4-11)22(2,20)21/h3-7H,19H2,1-2H3. The fraction of sp³-hybridized carbons (Fsp3) is 0.125. The van der Waals surface area contributed by atoms with Crippen molar-refractivity contribution in [2.75, 3.05) is 12.0 Å². The predicted octanol–water partition coefficient (Wildman–Crippen LogP) is 2.39. The van der Waals surface area contributed by atoms with Crippen LogP contribution in [0.3, 0.4) is 0 Å². The summed E-state index contributed by atoms with van der Waals surface area (Å²) in [5.74, 6) is 0. The van der Waals surface area contributed by atoms with Gasteiger partial charge >= 0.3 is 0 Å². The quantitative estimate of drug-likeness (QED) is 0.857. The van der Waals surface area contributed by atoms with E-state index in [9.17, 15) is 13.7 Å². The lowest BCUT2D eigenvalue weighted by atomic mass is 9.93. The van der Waals surface area contributed by atoms with E-state index in [-0.39, 0.29) is 21.7 Å². The number of nitriles is 2. The van der Waals surface area contributed by atoms with E-state index in [0.717, 1.165) is 6.26 Å². The molecule has 0 heterocycles. The Hall–Kier alpha value is -2.83. The van der Waals surface area contributed by atoms with E-state index in [1.54, 1.807) is 25.1 Å². The van der Waals surface area contributed by atoms with Crippen molar-refractivity contribution in [3.63, 3.8) is 0 Å². The third-order valence-corrected chi connectivity index (χ3v) is 4.51. The molecule has 22 heavy (non-hydrogen) atoms. The summed E-state index contributed by atoms with van der Waals surface area (Å²) < 4.78 is 23.0. The van der Waals surface area contributed by atoms with Gasteiger partial charge in [-0.2, -0.15) is 10.5 Å². The third kappa shape index (κ3) is 2.65. The predicted molar refractivity (Wildman–Crippen MR) is 83.6 cm³/mol. The average molecular weight is 311 g/mol. The van der Waals surface area contributed by atoms with Crippen molar-refractivity contribution in [2.45, 2.75) is 11.8 Å². The highest BCUT2D eigenvalue weighted by atomic mass is 32.2. The molecule has 0 aliphatic rings. The second-order valence-corrected chi connectivity index (χ2v) is 6.94. The molecule has 6 heteroatoms. The Morgan fingerprint density at radius 1 is 1.05 bits per heavy atom. The Bertz CT molecular complexity index is 931. The molecular weight excluding hydrogens is 298 g/mol. The molecule has 0 aliphatic heterocycles. The van der Waals surface area contributed by atoms with Crippen LogP contribution >= 0.6 is 0 Å². The molecule has 2 N–H and O–H groups in total. The lowest BCUT2D eigenvalue weighted by molar-refractivity contribution is 0.602. The van der Waals surface area contributed by atoms with Crippen LogP contribution in [0.4, 0.5) is 5.69 Å². The molecule has 0 radical (unpaired) electrons. The maximum absolute atomic E-state index is 11.5. The van der Waals surface area contributed by atoms with Crippen molar-refractivity contribution >= 4 is 15.5 Å². The van der Waals surface area contributed by atoms with E-state index in [1.807, 2.05) is 12.1 Å². The second kappa shape index (κ2) is 5.51. The van der Waals surface area contributed by atoms with E-state index in [0.29, 0.717) is 16.7 Å². The summed E-state index contributed by atoms with van der Waals surface area (Å²) in [4.78, 5) is 0.202. The molecule has 0 spiro atoms. The largest absolute Gasteiger partial charge is 0.397 e. The van der Waals surface area contributed by atoms with E-state index in [4.69, 9.17) is 11.0 Å². The van der Waals surface area contributed by atoms with Gasteiger partial charge in [0.05, 0.1) is 21.7 Å². The Kier molecular flexibility index (Phi) is 3.90.